The number of hydrogen-bond acceptors (Lipinski definition) is 11. The molecule has 2 N–H and O–H groups in total. The lowest BCUT2D eigenvalue weighted by Crippen LogP contribution is -2.59. The number of esters is 1. The van der Waals surface area contributed by atoms with E-state index in [1.807, 2.05) is 58.1 Å². The molecule has 1 aliphatic carbocycles. The topological polar surface area (TPSA) is 166 Å². The summed E-state index contributed by atoms with van der Waals surface area (Å²) < 4.78 is 40.5. The molecule has 0 aromatic heterocycles. The Hall–Kier alpha value is -3.36. The molecule has 0 unspecified atom stereocenters. The van der Waals surface area contributed by atoms with Crippen LogP contribution in [0, 0.1) is 35.5 Å². The zero-order chi connectivity index (χ0) is 46.6. The van der Waals surface area contributed by atoms with Crippen LogP contribution in [0.3, 0.4) is 0 Å². The normalized spacial score (nSPS) is 40.1. The van der Waals surface area contributed by atoms with Crippen molar-refractivity contribution in [3.8, 4) is 0 Å². The van der Waals surface area contributed by atoms with E-state index in [4.69, 9.17) is 18.9 Å². The Bertz CT molecular complexity index is 1710. The van der Waals surface area contributed by atoms with Crippen LogP contribution in [0.4, 0.5) is 4.39 Å². The number of halogens is 1. The minimum absolute atomic E-state index is 0.0439. The Kier molecular flexibility index (Phi) is 20.1. The van der Waals surface area contributed by atoms with Crippen LogP contribution in [0.5, 0.6) is 0 Å². The van der Waals surface area contributed by atoms with Crippen LogP contribution in [0.1, 0.15) is 132 Å². The molecule has 63 heavy (non-hydrogen) atoms. The summed E-state index contributed by atoms with van der Waals surface area (Å²) in [6, 6.07) is -1.18. The molecular formula is C50H76FNO11. The standard InChI is InChI=1S/C50H76FNO11/c1-30-15-11-10-12-16-31(2)44(60-8)27-38-20-18-36(7)50(51,63-38)47(57)48(58)52-22-14-13-17-39(52)49(59)62-45(35(6)25-37-19-21-40(53)46(26-37)61-9)29-43(56)34(5)24-33(4)42(55)28-41(54)32(3)23-30/h10-12,15-16,24,30,32,34-40,42,44-46,53,55H,13-14,17-23,25-29H2,1-9H3/b12-10+,15-11+,31-16+,33-24+/t30-,32-,34-,35-,36-,37+,38+,39+,40-,42+,44+,45+,46-,50-/m1/s1. The highest BCUT2D eigenvalue weighted by molar-refractivity contribution is 6.39. The maximum atomic E-state index is 17.0. The average Bonchev–Trinajstić information content (AvgIpc) is 3.25. The predicted octanol–water partition coefficient (Wildman–Crippen LogP) is 7.53. The van der Waals surface area contributed by atoms with Crippen LogP contribution in [0.25, 0.3) is 0 Å². The number of ether oxygens (including phenoxy) is 4. The summed E-state index contributed by atoms with van der Waals surface area (Å²) in [4.78, 5) is 70.8. The van der Waals surface area contributed by atoms with E-state index in [9.17, 15) is 34.2 Å². The number of alkyl halides is 1. The van der Waals surface area contributed by atoms with Gasteiger partial charge >= 0.3 is 5.97 Å². The lowest BCUT2D eigenvalue weighted by atomic mass is 9.78. The van der Waals surface area contributed by atoms with Crippen molar-refractivity contribution in [1.82, 2.24) is 4.90 Å². The van der Waals surface area contributed by atoms with E-state index in [0.29, 0.717) is 56.9 Å². The van der Waals surface area contributed by atoms with E-state index in [0.717, 1.165) is 16.9 Å². The van der Waals surface area contributed by atoms with Gasteiger partial charge in [-0.05, 0) is 107 Å². The van der Waals surface area contributed by atoms with Gasteiger partial charge in [-0.2, -0.15) is 0 Å². The molecule has 14 atom stereocenters. The third-order valence-corrected chi connectivity index (χ3v) is 14.1. The van der Waals surface area contributed by atoms with Gasteiger partial charge in [-0.25, -0.2) is 9.18 Å². The molecule has 4 aliphatic rings. The van der Waals surface area contributed by atoms with Gasteiger partial charge in [0.15, 0.2) is 0 Å². The Morgan fingerprint density at radius 2 is 1.59 bits per heavy atom. The minimum atomic E-state index is -2.92. The Labute approximate surface area is 375 Å². The molecule has 1 saturated carbocycles. The molecule has 354 valence electrons. The Balaban J connectivity index is 1.67. The molecule has 13 heteroatoms. The number of methoxy groups -OCH3 is 2. The summed E-state index contributed by atoms with van der Waals surface area (Å²) >= 11 is 0. The zero-order valence-electron chi connectivity index (χ0n) is 39.3. The van der Waals surface area contributed by atoms with E-state index in [1.165, 1.54) is 0 Å². The highest BCUT2D eigenvalue weighted by Crippen LogP contribution is 2.40. The molecule has 2 saturated heterocycles. The number of allylic oxidation sites excluding steroid dienone is 6. The summed E-state index contributed by atoms with van der Waals surface area (Å²) in [6.07, 6.45) is 12.1. The van der Waals surface area contributed by atoms with Crippen LogP contribution in [-0.4, -0.2) is 114 Å². The van der Waals surface area contributed by atoms with Crippen LogP contribution in [-0.2, 0) is 42.9 Å². The number of Topliss-reactive ketones (excluding diaryl/α,β-unsaturated/α-hetero) is 3. The molecule has 0 aromatic carbocycles. The summed E-state index contributed by atoms with van der Waals surface area (Å²) in [5.41, 5.74) is 1.34. The first-order valence-electron chi connectivity index (χ1n) is 23.4. The lowest BCUT2D eigenvalue weighted by molar-refractivity contribution is -0.231. The number of fused-ring (bicyclic) bond motifs is 3. The first-order valence-corrected chi connectivity index (χ1v) is 23.4. The molecule has 3 heterocycles. The quantitative estimate of drug-likeness (QED) is 0.159. The van der Waals surface area contributed by atoms with E-state index >= 15 is 4.39 Å². The van der Waals surface area contributed by atoms with Crippen molar-refractivity contribution in [3.63, 3.8) is 0 Å². The summed E-state index contributed by atoms with van der Waals surface area (Å²) in [5.74, 6) is -8.57. The van der Waals surface area contributed by atoms with Gasteiger partial charge in [0.05, 0.1) is 30.5 Å². The van der Waals surface area contributed by atoms with E-state index < -0.39 is 71.9 Å². The fourth-order valence-corrected chi connectivity index (χ4v) is 9.75. The van der Waals surface area contributed by atoms with Crippen molar-refractivity contribution in [1.29, 1.82) is 0 Å². The van der Waals surface area contributed by atoms with Crippen LogP contribution >= 0.6 is 0 Å². The highest BCUT2D eigenvalue weighted by Gasteiger charge is 2.55. The maximum Gasteiger partial charge on any atom is 0.329 e. The number of aliphatic hydroxyl groups excluding tert-OH is 2. The first-order chi connectivity index (χ1) is 29.8. The summed E-state index contributed by atoms with van der Waals surface area (Å²) in [6.45, 7) is 12.7. The maximum absolute atomic E-state index is 17.0. The van der Waals surface area contributed by atoms with Gasteiger partial charge in [0.1, 0.15) is 23.7 Å². The first kappa shape index (κ1) is 52.3. The van der Waals surface area contributed by atoms with Gasteiger partial charge in [0, 0.05) is 57.8 Å². The average molecular weight is 886 g/mol. The Morgan fingerprint density at radius 3 is 2.29 bits per heavy atom. The van der Waals surface area contributed by atoms with Gasteiger partial charge in [-0.3, -0.25) is 19.2 Å². The van der Waals surface area contributed by atoms with E-state index in [2.05, 4.69) is 0 Å². The number of carbonyl (C=O) groups is 5. The number of piperidine rings is 1. The van der Waals surface area contributed by atoms with E-state index in [-0.39, 0.29) is 73.6 Å². The molecular weight excluding hydrogens is 810 g/mol. The van der Waals surface area contributed by atoms with Crippen molar-refractivity contribution in [3.05, 3.63) is 47.6 Å². The smallest absolute Gasteiger partial charge is 0.329 e. The third kappa shape index (κ3) is 14.3. The largest absolute Gasteiger partial charge is 0.460 e. The molecule has 0 radical (unpaired) electrons. The fourth-order valence-electron chi connectivity index (χ4n) is 9.75. The van der Waals surface area contributed by atoms with Crippen LogP contribution in [0.15, 0.2) is 47.6 Å². The number of aliphatic hydroxyl groups is 2. The van der Waals surface area contributed by atoms with Crippen molar-refractivity contribution >= 4 is 29.2 Å². The number of ketones is 3. The molecule has 1 amide bonds. The summed E-state index contributed by atoms with van der Waals surface area (Å²) in [7, 11) is 3.11. The molecule has 3 fully saturated rings. The summed E-state index contributed by atoms with van der Waals surface area (Å²) in [5, 5.41) is 21.5. The van der Waals surface area contributed by atoms with Crippen molar-refractivity contribution in [2.45, 2.75) is 180 Å². The SMILES string of the molecule is CO[C@H]1C[C@@H]2CC[C@@H](C)[C@@](F)(O2)C(=O)C(=O)N2CCCC[C@H]2C(=O)O[C@H]([C@H](C)C[C@@H]2CC[C@@H](O)[C@H](OC)C2)CC(=O)[C@H](C)/C=C(\C)[C@@H](O)CC(=O)[C@H](C)C[C@H](C)/C=C/C=C/C=C/1C. The number of carbonyl (C=O) groups excluding carboxylic acids is 5. The van der Waals surface area contributed by atoms with Crippen molar-refractivity contribution in [2.75, 3.05) is 20.8 Å². The second-order valence-corrected chi connectivity index (χ2v) is 19.2. The second-order valence-electron chi connectivity index (χ2n) is 19.2. The van der Waals surface area contributed by atoms with Gasteiger partial charge in [-0.15, -0.1) is 0 Å². The number of hydrogen-bond donors (Lipinski definition) is 2. The van der Waals surface area contributed by atoms with Crippen molar-refractivity contribution < 1.29 is 57.5 Å². The van der Waals surface area contributed by atoms with Gasteiger partial charge in [0.25, 0.3) is 17.5 Å². The number of nitrogens with zero attached hydrogens (tertiary/aromatic N) is 1. The van der Waals surface area contributed by atoms with Gasteiger partial charge in [0.2, 0.25) is 0 Å². The minimum Gasteiger partial charge on any atom is -0.460 e. The number of cyclic esters (lactones) is 1. The monoisotopic (exact) mass is 886 g/mol. The van der Waals surface area contributed by atoms with Crippen LogP contribution in [0.2, 0.25) is 0 Å². The fraction of sp³-hybridized carbons (Fsp3) is 0.740. The van der Waals surface area contributed by atoms with Crippen LogP contribution < -0.4 is 0 Å². The second kappa shape index (κ2) is 24.2. The molecule has 0 spiro atoms. The van der Waals surface area contributed by atoms with Gasteiger partial charge in [-0.1, -0.05) is 71.1 Å². The predicted molar refractivity (Wildman–Crippen MR) is 238 cm³/mol. The molecule has 12 nitrogen and oxygen atoms in total. The molecule has 3 aliphatic heterocycles. The number of rotatable bonds is 5. The Morgan fingerprint density at radius 1 is 0.857 bits per heavy atom. The van der Waals surface area contributed by atoms with Gasteiger partial charge < -0.3 is 34.1 Å². The zero-order valence-corrected chi connectivity index (χ0v) is 39.3. The molecule has 0 aromatic rings. The highest BCUT2D eigenvalue weighted by atomic mass is 19.2. The van der Waals surface area contributed by atoms with E-state index in [1.54, 1.807) is 41.1 Å². The molecule has 4 rings (SSSR count). The number of amides is 1. The van der Waals surface area contributed by atoms with Crippen molar-refractivity contribution in [2.24, 2.45) is 35.5 Å². The third-order valence-electron chi connectivity index (χ3n) is 14.1. The molecule has 2 bridgehead atoms. The lowest BCUT2D eigenvalue weighted by Gasteiger charge is -2.41.